The summed E-state index contributed by atoms with van der Waals surface area (Å²) in [6.07, 6.45) is 1.85. The lowest BCUT2D eigenvalue weighted by atomic mass is 10.1. The van der Waals surface area contributed by atoms with Crippen LogP contribution in [0, 0.1) is 0 Å². The number of carbonyl (C=O) groups is 1. The number of nitrogens with zero attached hydrogens (tertiary/aromatic N) is 3. The third kappa shape index (κ3) is 4.71. The van der Waals surface area contributed by atoms with E-state index >= 15 is 0 Å². The molecule has 0 bridgehead atoms. The van der Waals surface area contributed by atoms with E-state index in [0.29, 0.717) is 12.2 Å². The highest BCUT2D eigenvalue weighted by atomic mass is 35.5. The van der Waals surface area contributed by atoms with Gasteiger partial charge in [-0.05, 0) is 25.5 Å². The molecule has 1 amide bonds. The van der Waals surface area contributed by atoms with Crippen LogP contribution in [0.3, 0.4) is 0 Å². The number of hydrogen-bond acceptors (Lipinski definition) is 4. The Bertz CT molecular complexity index is 773. The minimum absolute atomic E-state index is 0. The van der Waals surface area contributed by atoms with Crippen LogP contribution in [-0.2, 0) is 11.3 Å². The molecule has 1 aliphatic rings. The maximum atomic E-state index is 12.8. The molecule has 7 heteroatoms. The molecule has 0 spiro atoms. The van der Waals surface area contributed by atoms with E-state index in [2.05, 4.69) is 17.3 Å². The van der Waals surface area contributed by atoms with Gasteiger partial charge in [0.05, 0.1) is 5.69 Å². The molecule has 1 saturated heterocycles. The van der Waals surface area contributed by atoms with Crippen LogP contribution < -0.4 is 10.9 Å². The van der Waals surface area contributed by atoms with E-state index < -0.39 is 0 Å². The zero-order valence-corrected chi connectivity index (χ0v) is 15.7. The molecule has 1 atom stereocenters. The first-order valence-electron chi connectivity index (χ1n) is 8.83. The summed E-state index contributed by atoms with van der Waals surface area (Å²) in [4.78, 5) is 26.8. The second-order valence-electron chi connectivity index (χ2n) is 6.31. The molecule has 0 aliphatic carbocycles. The van der Waals surface area contributed by atoms with Crippen molar-refractivity contribution in [1.29, 1.82) is 0 Å². The summed E-state index contributed by atoms with van der Waals surface area (Å²) in [6, 6.07) is 13.0. The number of nitrogens with one attached hydrogen (secondary N) is 1. The first-order valence-corrected chi connectivity index (χ1v) is 8.83. The number of benzene rings is 1. The fraction of sp³-hybridized carbons (Fsp3) is 0.421. The first kappa shape index (κ1) is 20.1. The molecule has 3 rings (SSSR count). The first-order chi connectivity index (χ1) is 12.2. The molecule has 1 aromatic carbocycles. The fourth-order valence-corrected chi connectivity index (χ4v) is 3.20. The van der Waals surface area contributed by atoms with Crippen molar-refractivity contribution < 1.29 is 4.79 Å². The average molecular weight is 377 g/mol. The van der Waals surface area contributed by atoms with Crippen LogP contribution in [0.1, 0.15) is 19.8 Å². The Morgan fingerprint density at radius 3 is 2.69 bits per heavy atom. The minimum atomic E-state index is -0.256. The third-order valence-electron chi connectivity index (χ3n) is 4.48. The molecule has 1 unspecified atom stereocenters. The van der Waals surface area contributed by atoms with Crippen molar-refractivity contribution in [2.24, 2.45) is 0 Å². The van der Waals surface area contributed by atoms with Gasteiger partial charge in [-0.1, -0.05) is 37.3 Å². The Labute approximate surface area is 159 Å². The van der Waals surface area contributed by atoms with Crippen molar-refractivity contribution in [3.05, 3.63) is 52.8 Å². The molecule has 0 radical (unpaired) electrons. The topological polar surface area (TPSA) is 67.2 Å². The number of amides is 1. The van der Waals surface area contributed by atoms with Gasteiger partial charge in [-0.25, -0.2) is 4.68 Å². The molecule has 26 heavy (non-hydrogen) atoms. The zero-order valence-electron chi connectivity index (χ0n) is 14.9. The highest BCUT2D eigenvalue weighted by Crippen LogP contribution is 2.14. The van der Waals surface area contributed by atoms with Crippen molar-refractivity contribution in [1.82, 2.24) is 20.0 Å². The summed E-state index contributed by atoms with van der Waals surface area (Å²) in [6.45, 7) is 4.50. The summed E-state index contributed by atoms with van der Waals surface area (Å²) < 4.78 is 1.27. The second-order valence-corrected chi connectivity index (χ2v) is 6.31. The van der Waals surface area contributed by atoms with Gasteiger partial charge in [0, 0.05) is 30.8 Å². The maximum Gasteiger partial charge on any atom is 0.267 e. The number of halogens is 1. The van der Waals surface area contributed by atoms with Gasteiger partial charge < -0.3 is 10.2 Å². The van der Waals surface area contributed by atoms with Gasteiger partial charge in [0.15, 0.2) is 0 Å². The average Bonchev–Trinajstić information content (AvgIpc) is 3.16. The molecule has 0 saturated carbocycles. The summed E-state index contributed by atoms with van der Waals surface area (Å²) in [5.41, 5.74) is 1.36. The number of hydrogen-bond donors (Lipinski definition) is 1. The smallest absolute Gasteiger partial charge is 0.267 e. The Morgan fingerprint density at radius 1 is 1.27 bits per heavy atom. The molecule has 2 aromatic rings. The van der Waals surface area contributed by atoms with Gasteiger partial charge in [-0.2, -0.15) is 5.10 Å². The Kier molecular flexibility index (Phi) is 7.36. The van der Waals surface area contributed by atoms with Crippen LogP contribution in [0.5, 0.6) is 0 Å². The van der Waals surface area contributed by atoms with Gasteiger partial charge >= 0.3 is 0 Å². The van der Waals surface area contributed by atoms with E-state index in [-0.39, 0.29) is 36.5 Å². The van der Waals surface area contributed by atoms with E-state index in [1.165, 1.54) is 10.7 Å². The monoisotopic (exact) mass is 376 g/mol. The van der Waals surface area contributed by atoms with E-state index in [1.807, 2.05) is 35.2 Å². The molecule has 140 valence electrons. The van der Waals surface area contributed by atoms with E-state index in [0.717, 1.165) is 31.5 Å². The van der Waals surface area contributed by atoms with E-state index in [4.69, 9.17) is 0 Å². The van der Waals surface area contributed by atoms with Gasteiger partial charge in [0.2, 0.25) is 5.91 Å². The quantitative estimate of drug-likeness (QED) is 0.836. The summed E-state index contributed by atoms with van der Waals surface area (Å²) in [5.74, 6) is -0.0460. The normalized spacial score (nSPS) is 16.1. The van der Waals surface area contributed by atoms with Gasteiger partial charge in [0.1, 0.15) is 6.54 Å². The standard InChI is InChI=1S/C19H24N4O2.ClH/c1-2-12-22(16-10-11-20-13-16)19(25)14-23-18(24)9-8-17(21-23)15-6-4-3-5-7-15;/h3-9,16,20H,2,10-14H2,1H3;1H. The predicted octanol–water partition coefficient (Wildman–Crippen LogP) is 1.93. The van der Waals surface area contributed by atoms with E-state index in [1.54, 1.807) is 6.07 Å². The zero-order chi connectivity index (χ0) is 17.6. The van der Waals surface area contributed by atoms with Gasteiger partial charge in [-0.3, -0.25) is 9.59 Å². The summed E-state index contributed by atoms with van der Waals surface area (Å²) in [7, 11) is 0. The lowest BCUT2D eigenvalue weighted by Crippen LogP contribution is -2.45. The number of rotatable bonds is 6. The molecular weight excluding hydrogens is 352 g/mol. The fourth-order valence-electron chi connectivity index (χ4n) is 3.20. The van der Waals surface area contributed by atoms with Crippen LogP contribution in [0.15, 0.2) is 47.3 Å². The Hall–Kier alpha value is -2.18. The highest BCUT2D eigenvalue weighted by molar-refractivity contribution is 5.85. The van der Waals surface area contributed by atoms with Gasteiger partial charge in [0.25, 0.3) is 5.56 Å². The van der Waals surface area contributed by atoms with Crippen LogP contribution in [-0.4, -0.2) is 46.3 Å². The van der Waals surface area contributed by atoms with Crippen molar-refractivity contribution in [2.75, 3.05) is 19.6 Å². The minimum Gasteiger partial charge on any atom is -0.337 e. The Morgan fingerprint density at radius 2 is 2.04 bits per heavy atom. The van der Waals surface area contributed by atoms with Crippen molar-refractivity contribution in [3.8, 4) is 11.3 Å². The third-order valence-corrected chi connectivity index (χ3v) is 4.48. The molecule has 1 fully saturated rings. The van der Waals surface area contributed by atoms with Crippen LogP contribution in [0.25, 0.3) is 11.3 Å². The SMILES string of the molecule is CCCN(C(=O)Cn1nc(-c2ccccc2)ccc1=O)C1CCNC1.Cl. The second kappa shape index (κ2) is 9.50. The molecule has 1 aromatic heterocycles. The van der Waals surface area contributed by atoms with Crippen LogP contribution in [0.2, 0.25) is 0 Å². The molecular formula is C19H25ClN4O2. The largest absolute Gasteiger partial charge is 0.337 e. The van der Waals surface area contributed by atoms with Gasteiger partial charge in [-0.15, -0.1) is 12.4 Å². The molecule has 1 N–H and O–H groups in total. The van der Waals surface area contributed by atoms with Crippen molar-refractivity contribution in [2.45, 2.75) is 32.4 Å². The van der Waals surface area contributed by atoms with Crippen LogP contribution >= 0.6 is 12.4 Å². The van der Waals surface area contributed by atoms with E-state index in [9.17, 15) is 9.59 Å². The van der Waals surface area contributed by atoms with Crippen LogP contribution in [0.4, 0.5) is 0 Å². The maximum absolute atomic E-state index is 12.8. The highest BCUT2D eigenvalue weighted by Gasteiger charge is 2.26. The molecule has 2 heterocycles. The number of carbonyl (C=O) groups excluding carboxylic acids is 1. The Balaban J connectivity index is 0.00000243. The summed E-state index contributed by atoms with van der Waals surface area (Å²) >= 11 is 0. The van der Waals surface area contributed by atoms with Crippen molar-refractivity contribution >= 4 is 18.3 Å². The predicted molar refractivity (Wildman–Crippen MR) is 104 cm³/mol. The summed E-state index contributed by atoms with van der Waals surface area (Å²) in [5, 5.41) is 7.69. The molecule has 6 nitrogen and oxygen atoms in total. The van der Waals surface area contributed by atoms with Crippen molar-refractivity contribution in [3.63, 3.8) is 0 Å². The number of aromatic nitrogens is 2. The molecule has 1 aliphatic heterocycles. The lowest BCUT2D eigenvalue weighted by molar-refractivity contribution is -0.134. The lowest BCUT2D eigenvalue weighted by Gasteiger charge is -2.28.